The van der Waals surface area contributed by atoms with Crippen molar-refractivity contribution in [1.82, 2.24) is 14.9 Å². The fraction of sp³-hybridized carbons (Fsp3) is 0.458. The highest BCUT2D eigenvalue weighted by Gasteiger charge is 2.33. The molecule has 2 fully saturated rings. The molecule has 0 radical (unpaired) electrons. The maximum atomic E-state index is 12.9. The molecule has 8 heteroatoms. The number of nitrogens with one attached hydrogen (secondary N) is 2. The maximum Gasteiger partial charge on any atom is 0.271 e. The van der Waals surface area contributed by atoms with Gasteiger partial charge < -0.3 is 25.8 Å². The Kier molecular flexibility index (Phi) is 6.90. The number of hydrogen-bond acceptors (Lipinski definition) is 6. The predicted molar refractivity (Wildman–Crippen MR) is 128 cm³/mol. The summed E-state index contributed by atoms with van der Waals surface area (Å²) in [5, 5.41) is 3.06. The lowest BCUT2D eigenvalue weighted by Gasteiger charge is -2.40. The molecule has 2 aromatic heterocycles. The van der Waals surface area contributed by atoms with E-state index in [1.807, 2.05) is 30.1 Å². The second-order valence-electron chi connectivity index (χ2n) is 8.60. The quantitative estimate of drug-likeness (QED) is 0.548. The van der Waals surface area contributed by atoms with Gasteiger partial charge in [0.15, 0.2) is 0 Å². The number of aromatic amines is 1. The fourth-order valence-electron chi connectivity index (χ4n) is 4.30. The molecule has 4 N–H and O–H groups in total. The van der Waals surface area contributed by atoms with Crippen LogP contribution in [0.5, 0.6) is 0 Å². The van der Waals surface area contributed by atoms with Crippen LogP contribution in [0.15, 0.2) is 47.5 Å². The molecule has 32 heavy (non-hydrogen) atoms. The topological polar surface area (TPSA) is 107 Å². The summed E-state index contributed by atoms with van der Waals surface area (Å²) in [4.78, 5) is 36.8. The standard InChI is InChI=1S/C24H32N6O2/c1-26-22-13-18(8-10-27-22)19-12-21(24(32)28-14-19)30(15-17-6-7-17)20-4-3-11-29(16-20)23(31)5-2-9-25/h2,5,8,10,12-14,17,20H,3-4,6-7,9,11,15-16,25H2,1H3,(H,26,27)(H,28,32)/b5-2+. The Morgan fingerprint density at radius 1 is 1.34 bits per heavy atom. The molecule has 1 amide bonds. The first-order valence-corrected chi connectivity index (χ1v) is 11.4. The molecule has 2 aromatic rings. The molecule has 170 valence electrons. The first kappa shape index (κ1) is 22.1. The molecule has 3 heterocycles. The summed E-state index contributed by atoms with van der Waals surface area (Å²) < 4.78 is 0. The molecule has 0 aromatic carbocycles. The molecule has 1 aliphatic heterocycles. The lowest BCUT2D eigenvalue weighted by Crippen LogP contribution is -2.51. The molecule has 1 saturated carbocycles. The molecule has 8 nitrogen and oxygen atoms in total. The van der Waals surface area contributed by atoms with Gasteiger partial charge in [-0.2, -0.15) is 0 Å². The van der Waals surface area contributed by atoms with Crippen LogP contribution in [0.25, 0.3) is 11.1 Å². The van der Waals surface area contributed by atoms with Gasteiger partial charge in [0.2, 0.25) is 5.91 Å². The predicted octanol–water partition coefficient (Wildman–Crippen LogP) is 2.20. The molecule has 1 unspecified atom stereocenters. The number of anilines is 2. The Labute approximate surface area is 188 Å². The average molecular weight is 437 g/mol. The van der Waals surface area contributed by atoms with Crippen molar-refractivity contribution in [3.8, 4) is 11.1 Å². The van der Waals surface area contributed by atoms with E-state index in [1.54, 1.807) is 24.5 Å². The van der Waals surface area contributed by atoms with Crippen molar-refractivity contribution in [3.05, 3.63) is 53.1 Å². The average Bonchev–Trinajstić information content (AvgIpc) is 3.66. The van der Waals surface area contributed by atoms with Crippen LogP contribution in [-0.2, 0) is 4.79 Å². The van der Waals surface area contributed by atoms with Crippen LogP contribution >= 0.6 is 0 Å². The number of piperidine rings is 1. The normalized spacial score (nSPS) is 18.7. The summed E-state index contributed by atoms with van der Waals surface area (Å²) in [5.41, 5.74) is 8.01. The lowest BCUT2D eigenvalue weighted by atomic mass is 10.0. The van der Waals surface area contributed by atoms with Gasteiger partial charge in [0.05, 0.1) is 0 Å². The van der Waals surface area contributed by atoms with Crippen LogP contribution in [0, 0.1) is 5.92 Å². The molecule has 1 saturated heterocycles. The lowest BCUT2D eigenvalue weighted by molar-refractivity contribution is -0.127. The van der Waals surface area contributed by atoms with Crippen LogP contribution in [0.1, 0.15) is 25.7 Å². The Balaban J connectivity index is 1.63. The molecular weight excluding hydrogens is 404 g/mol. The van der Waals surface area contributed by atoms with E-state index >= 15 is 0 Å². The van der Waals surface area contributed by atoms with Gasteiger partial charge in [0.1, 0.15) is 11.5 Å². The van der Waals surface area contributed by atoms with Gasteiger partial charge in [-0.3, -0.25) is 9.59 Å². The van der Waals surface area contributed by atoms with Gasteiger partial charge in [-0.05, 0) is 55.4 Å². The zero-order chi connectivity index (χ0) is 22.5. The molecule has 0 bridgehead atoms. The fourth-order valence-corrected chi connectivity index (χ4v) is 4.30. The van der Waals surface area contributed by atoms with E-state index in [2.05, 4.69) is 20.2 Å². The molecule has 2 aliphatic rings. The van der Waals surface area contributed by atoms with Crippen LogP contribution in [0.2, 0.25) is 0 Å². The Bertz CT molecular complexity index is 1030. The third-order valence-electron chi connectivity index (χ3n) is 6.24. The summed E-state index contributed by atoms with van der Waals surface area (Å²) >= 11 is 0. The number of hydrogen-bond donors (Lipinski definition) is 3. The monoisotopic (exact) mass is 436 g/mol. The van der Waals surface area contributed by atoms with E-state index in [9.17, 15) is 9.59 Å². The zero-order valence-electron chi connectivity index (χ0n) is 18.6. The number of nitrogens with zero attached hydrogens (tertiary/aromatic N) is 3. The van der Waals surface area contributed by atoms with Crippen LogP contribution in [0.4, 0.5) is 11.5 Å². The van der Waals surface area contributed by atoms with Crippen molar-refractivity contribution in [3.63, 3.8) is 0 Å². The summed E-state index contributed by atoms with van der Waals surface area (Å²) in [6, 6.07) is 5.99. The first-order chi connectivity index (χ1) is 15.6. The van der Waals surface area contributed by atoms with Gasteiger partial charge in [-0.15, -0.1) is 0 Å². The molecule has 1 atom stereocenters. The number of carbonyl (C=O) groups excluding carboxylic acids is 1. The number of amides is 1. The summed E-state index contributed by atoms with van der Waals surface area (Å²) in [5.74, 6) is 1.38. The summed E-state index contributed by atoms with van der Waals surface area (Å²) in [6.45, 7) is 2.55. The number of aromatic nitrogens is 2. The Hall–Kier alpha value is -3.13. The minimum Gasteiger partial charge on any atom is -0.373 e. The van der Waals surface area contributed by atoms with Gasteiger partial charge in [0, 0.05) is 63.3 Å². The molecule has 1 aliphatic carbocycles. The third kappa shape index (κ3) is 5.19. The minimum atomic E-state index is -0.0937. The van der Waals surface area contributed by atoms with Crippen molar-refractivity contribution >= 4 is 17.4 Å². The highest BCUT2D eigenvalue weighted by atomic mass is 16.2. The second kappa shape index (κ2) is 9.99. The zero-order valence-corrected chi connectivity index (χ0v) is 18.6. The number of H-pyrrole nitrogens is 1. The highest BCUT2D eigenvalue weighted by Crippen LogP contribution is 2.34. The molecule has 0 spiro atoms. The summed E-state index contributed by atoms with van der Waals surface area (Å²) in [7, 11) is 1.83. The maximum absolute atomic E-state index is 12.9. The van der Waals surface area contributed by atoms with Crippen LogP contribution in [-0.4, -0.2) is 60.0 Å². The van der Waals surface area contributed by atoms with E-state index in [0.717, 1.165) is 42.9 Å². The molecular formula is C24H32N6O2. The van der Waals surface area contributed by atoms with Gasteiger partial charge in [-0.25, -0.2) is 4.98 Å². The van der Waals surface area contributed by atoms with E-state index in [4.69, 9.17) is 5.73 Å². The largest absolute Gasteiger partial charge is 0.373 e. The van der Waals surface area contributed by atoms with Gasteiger partial charge >= 0.3 is 0 Å². The number of likely N-dealkylation sites (tertiary alicyclic amines) is 1. The SMILES string of the molecule is CNc1cc(-c2c[nH]c(=O)c(N(CC3CC3)C3CCCN(C(=O)/C=C/CN)C3)c2)ccn1. The Morgan fingerprint density at radius 2 is 2.19 bits per heavy atom. The van der Waals surface area contributed by atoms with Crippen molar-refractivity contribution in [1.29, 1.82) is 0 Å². The van der Waals surface area contributed by atoms with Crippen LogP contribution in [0.3, 0.4) is 0 Å². The number of nitrogens with two attached hydrogens (primary N) is 1. The van der Waals surface area contributed by atoms with Gasteiger partial charge in [-0.1, -0.05) is 6.08 Å². The van der Waals surface area contributed by atoms with E-state index in [1.165, 1.54) is 12.8 Å². The van der Waals surface area contributed by atoms with Crippen molar-refractivity contribution in [2.75, 3.05) is 43.4 Å². The van der Waals surface area contributed by atoms with Crippen molar-refractivity contribution < 1.29 is 4.79 Å². The van der Waals surface area contributed by atoms with E-state index in [-0.39, 0.29) is 17.5 Å². The Morgan fingerprint density at radius 3 is 2.94 bits per heavy atom. The van der Waals surface area contributed by atoms with Crippen LogP contribution < -0.4 is 21.5 Å². The molecule has 4 rings (SSSR count). The highest BCUT2D eigenvalue weighted by molar-refractivity contribution is 5.87. The first-order valence-electron chi connectivity index (χ1n) is 11.4. The van der Waals surface area contributed by atoms with Gasteiger partial charge in [0.25, 0.3) is 5.56 Å². The smallest absolute Gasteiger partial charge is 0.271 e. The number of carbonyl (C=O) groups is 1. The van der Waals surface area contributed by atoms with E-state index in [0.29, 0.717) is 24.7 Å². The number of rotatable bonds is 8. The minimum absolute atomic E-state index is 0.00874. The number of pyridine rings is 2. The van der Waals surface area contributed by atoms with Crippen molar-refractivity contribution in [2.24, 2.45) is 11.7 Å². The van der Waals surface area contributed by atoms with Crippen molar-refractivity contribution in [2.45, 2.75) is 31.7 Å². The second-order valence-corrected chi connectivity index (χ2v) is 8.60. The summed E-state index contributed by atoms with van der Waals surface area (Å²) in [6.07, 6.45) is 11.0. The third-order valence-corrected chi connectivity index (χ3v) is 6.24. The van der Waals surface area contributed by atoms with E-state index < -0.39 is 0 Å².